The molecule has 5 aliphatic heterocycles. The first-order valence-electron chi connectivity index (χ1n) is 22.2. The first kappa shape index (κ1) is 42.1. The van der Waals surface area contributed by atoms with Gasteiger partial charge in [-0.25, -0.2) is 4.68 Å². The van der Waals surface area contributed by atoms with Gasteiger partial charge in [0, 0.05) is 81.0 Å². The van der Waals surface area contributed by atoms with Gasteiger partial charge in [-0.1, -0.05) is 18.2 Å². The molecule has 5 aliphatic rings. The lowest BCUT2D eigenvalue weighted by Crippen LogP contribution is -2.53. The minimum atomic E-state index is -1.25. The molecular formula is C47H55N9O7. The molecule has 330 valence electrons. The Kier molecular flexibility index (Phi) is 11.9. The fraction of sp³-hybridized carbons (Fsp3) is 0.447. The van der Waals surface area contributed by atoms with Crippen LogP contribution < -0.4 is 26.0 Å². The Morgan fingerprint density at radius 1 is 0.905 bits per heavy atom. The molecule has 5 amide bonds. The summed E-state index contributed by atoms with van der Waals surface area (Å²) in [6, 6.07) is 21.8. The number of aromatic nitrogens is 2. The van der Waals surface area contributed by atoms with Crippen LogP contribution in [-0.4, -0.2) is 118 Å². The Bertz CT molecular complexity index is 2370. The summed E-state index contributed by atoms with van der Waals surface area (Å²) in [5.74, 6) is 1.16. The van der Waals surface area contributed by atoms with Crippen molar-refractivity contribution in [2.75, 3.05) is 63.1 Å². The standard InChI is InChI=1S/C47H55N9O7/c1-52(28-29-16-23-53(24-17-29)32-9-12-35-36(27-32)47(62)55(46(35)61)38-13-14-39(57)50-45(38)60)22-20-40(58)54-25-18-30(19-26-54)37-15-21-49-44-41(43(48)59)42(51-56(37)44)31-7-10-34(11-8-31)63-33-5-3-2-4-6-33/h2-12,27,29-30,37-38,47,49,62H,13-26,28H2,1H3,(H2,48,59)(H,50,57,60)/t37-,38?,47?/m0/s1. The Hall–Kier alpha value is -6.26. The number of hydrogen-bond acceptors (Lipinski definition) is 11. The molecule has 16 nitrogen and oxygen atoms in total. The number of aliphatic hydroxyl groups excluding tert-OH is 1. The van der Waals surface area contributed by atoms with E-state index in [0.29, 0.717) is 78.4 Å². The van der Waals surface area contributed by atoms with Crippen molar-refractivity contribution in [2.45, 2.75) is 69.7 Å². The van der Waals surface area contributed by atoms with Gasteiger partial charge in [0.25, 0.3) is 11.8 Å². The summed E-state index contributed by atoms with van der Waals surface area (Å²) < 4.78 is 7.93. The SMILES string of the molecule is CN(CCC(=O)N1CCC([C@@H]2CCNc3c(C(N)=O)c(-c4ccc(Oc5ccccc5)cc4)nn32)CC1)CC1CCN(c2ccc3c(c2)C(O)N(C2CCC(=O)NC2=O)C3=O)CC1. The molecule has 0 bridgehead atoms. The number of fused-ring (bicyclic) bond motifs is 2. The number of ether oxygens (including phenoxy) is 1. The Labute approximate surface area is 366 Å². The lowest BCUT2D eigenvalue weighted by atomic mass is 9.86. The van der Waals surface area contributed by atoms with Crippen LogP contribution in [0.5, 0.6) is 11.5 Å². The normalized spacial score (nSPS) is 21.9. The number of aliphatic hydroxyl groups is 1. The molecule has 4 aromatic rings. The van der Waals surface area contributed by atoms with Gasteiger partial charge in [0.1, 0.15) is 34.6 Å². The molecule has 6 heterocycles. The zero-order valence-corrected chi connectivity index (χ0v) is 35.6. The maximum absolute atomic E-state index is 13.5. The number of nitrogens with one attached hydrogen (secondary N) is 2. The Morgan fingerprint density at radius 2 is 1.63 bits per heavy atom. The van der Waals surface area contributed by atoms with Crippen LogP contribution in [-0.2, 0) is 14.4 Å². The third-order valence-corrected chi connectivity index (χ3v) is 13.6. The first-order chi connectivity index (χ1) is 30.5. The van der Waals surface area contributed by atoms with Crippen molar-refractivity contribution in [3.8, 4) is 22.8 Å². The van der Waals surface area contributed by atoms with E-state index >= 15 is 0 Å². The molecule has 0 spiro atoms. The zero-order valence-electron chi connectivity index (χ0n) is 35.6. The number of likely N-dealkylation sites (tertiary alicyclic amines) is 1. The summed E-state index contributed by atoms with van der Waals surface area (Å²) in [5, 5.41) is 21.8. The fourth-order valence-electron chi connectivity index (χ4n) is 10.2. The van der Waals surface area contributed by atoms with Crippen molar-refractivity contribution in [3.05, 3.63) is 89.5 Å². The van der Waals surface area contributed by atoms with Crippen molar-refractivity contribution in [2.24, 2.45) is 17.6 Å². The van der Waals surface area contributed by atoms with Crippen LogP contribution in [0.25, 0.3) is 11.3 Å². The maximum atomic E-state index is 13.5. The Morgan fingerprint density at radius 3 is 2.35 bits per heavy atom. The van der Waals surface area contributed by atoms with Crippen molar-refractivity contribution < 1.29 is 33.8 Å². The average Bonchev–Trinajstić information content (AvgIpc) is 3.81. The van der Waals surface area contributed by atoms with E-state index in [0.717, 1.165) is 68.7 Å². The minimum Gasteiger partial charge on any atom is -0.457 e. The average molecular weight is 858 g/mol. The van der Waals surface area contributed by atoms with Gasteiger partial charge in [0.2, 0.25) is 17.7 Å². The van der Waals surface area contributed by atoms with Crippen LogP contribution in [0.1, 0.15) is 89.9 Å². The number of piperidine rings is 3. The topological polar surface area (TPSA) is 196 Å². The molecule has 63 heavy (non-hydrogen) atoms. The number of nitrogens with two attached hydrogens (primary N) is 1. The molecule has 9 rings (SSSR count). The van der Waals surface area contributed by atoms with E-state index in [-0.39, 0.29) is 30.7 Å². The van der Waals surface area contributed by atoms with E-state index in [1.54, 1.807) is 6.07 Å². The van der Waals surface area contributed by atoms with E-state index in [2.05, 4.69) is 27.5 Å². The quantitative estimate of drug-likeness (QED) is 0.146. The molecule has 1 aromatic heterocycles. The fourth-order valence-corrected chi connectivity index (χ4v) is 10.2. The van der Waals surface area contributed by atoms with Crippen molar-refractivity contribution >= 4 is 41.0 Å². The first-order valence-corrected chi connectivity index (χ1v) is 22.2. The van der Waals surface area contributed by atoms with Gasteiger partial charge in [-0.2, -0.15) is 5.10 Å². The second-order valence-electron chi connectivity index (χ2n) is 17.6. The molecule has 3 fully saturated rings. The summed E-state index contributed by atoms with van der Waals surface area (Å²) in [5.41, 5.74) is 9.47. The molecule has 16 heteroatoms. The molecule has 0 aliphatic carbocycles. The second kappa shape index (κ2) is 17.8. The number of rotatable bonds is 12. The summed E-state index contributed by atoms with van der Waals surface area (Å²) in [4.78, 5) is 71.4. The third kappa shape index (κ3) is 8.61. The number of amides is 5. The van der Waals surface area contributed by atoms with Gasteiger partial charge in [-0.15, -0.1) is 0 Å². The number of imide groups is 1. The molecule has 0 saturated carbocycles. The monoisotopic (exact) mass is 857 g/mol. The molecular weight excluding hydrogens is 803 g/mol. The number of carbonyl (C=O) groups is 5. The minimum absolute atomic E-state index is 0.0810. The van der Waals surface area contributed by atoms with Gasteiger partial charge >= 0.3 is 0 Å². The van der Waals surface area contributed by atoms with Gasteiger partial charge in [0.05, 0.1) is 6.04 Å². The molecule has 0 radical (unpaired) electrons. The van der Waals surface area contributed by atoms with Gasteiger partial charge < -0.3 is 35.6 Å². The van der Waals surface area contributed by atoms with E-state index < -0.39 is 30.0 Å². The highest BCUT2D eigenvalue weighted by Crippen LogP contribution is 2.41. The largest absolute Gasteiger partial charge is 0.457 e. The van der Waals surface area contributed by atoms with E-state index in [9.17, 15) is 29.1 Å². The van der Waals surface area contributed by atoms with Crippen LogP contribution in [0.3, 0.4) is 0 Å². The number of hydrogen-bond donors (Lipinski definition) is 4. The lowest BCUT2D eigenvalue weighted by Gasteiger charge is -2.38. The molecule has 3 saturated heterocycles. The number of benzene rings is 3. The van der Waals surface area contributed by atoms with E-state index in [4.69, 9.17) is 15.6 Å². The number of anilines is 2. The van der Waals surface area contributed by atoms with Crippen LogP contribution in [0, 0.1) is 11.8 Å². The number of carbonyl (C=O) groups excluding carboxylic acids is 5. The van der Waals surface area contributed by atoms with Crippen LogP contribution >= 0.6 is 0 Å². The molecule has 2 unspecified atom stereocenters. The van der Waals surface area contributed by atoms with Crippen LogP contribution in [0.15, 0.2) is 72.8 Å². The maximum Gasteiger partial charge on any atom is 0.257 e. The van der Waals surface area contributed by atoms with Crippen molar-refractivity contribution in [1.82, 2.24) is 29.8 Å². The summed E-state index contributed by atoms with van der Waals surface area (Å²) in [7, 11) is 2.08. The van der Waals surface area contributed by atoms with E-state index in [1.807, 2.05) is 76.3 Å². The van der Waals surface area contributed by atoms with Crippen LogP contribution in [0.2, 0.25) is 0 Å². The van der Waals surface area contributed by atoms with Gasteiger partial charge in [0.15, 0.2) is 6.23 Å². The van der Waals surface area contributed by atoms with E-state index in [1.165, 1.54) is 4.90 Å². The highest BCUT2D eigenvalue weighted by molar-refractivity contribution is 6.06. The van der Waals surface area contributed by atoms with Gasteiger partial charge in [-0.05, 0) is 112 Å². The van der Waals surface area contributed by atoms with Crippen LogP contribution in [0.4, 0.5) is 11.5 Å². The lowest BCUT2D eigenvalue weighted by molar-refractivity contribution is -0.139. The third-order valence-electron chi connectivity index (χ3n) is 13.6. The Balaban J connectivity index is 0.738. The smallest absolute Gasteiger partial charge is 0.257 e. The highest BCUT2D eigenvalue weighted by atomic mass is 16.5. The molecule has 3 aromatic carbocycles. The number of para-hydroxylation sites is 1. The highest BCUT2D eigenvalue weighted by Gasteiger charge is 2.45. The van der Waals surface area contributed by atoms with Crippen molar-refractivity contribution in [3.63, 3.8) is 0 Å². The van der Waals surface area contributed by atoms with Gasteiger partial charge in [-0.3, -0.25) is 34.2 Å². The molecule has 3 atom stereocenters. The predicted octanol–water partition coefficient (Wildman–Crippen LogP) is 4.53. The second-order valence-corrected chi connectivity index (χ2v) is 17.6. The predicted molar refractivity (Wildman–Crippen MR) is 235 cm³/mol. The summed E-state index contributed by atoms with van der Waals surface area (Å²) in [6.45, 7) is 5.31. The van der Waals surface area contributed by atoms with Crippen molar-refractivity contribution in [1.29, 1.82) is 0 Å². The zero-order chi connectivity index (χ0) is 43.8. The summed E-state index contributed by atoms with van der Waals surface area (Å²) in [6.07, 6.45) is 4.04. The summed E-state index contributed by atoms with van der Waals surface area (Å²) >= 11 is 0. The molecule has 5 N–H and O–H groups in total. The number of nitrogens with zero attached hydrogens (tertiary/aromatic N) is 6. The number of primary amides is 1.